The molecule has 0 bridgehead atoms. The standard InChI is InChI=1S/C13H12F3N3O/c14-13(15,16)11-6-9(10-2-1-5-20-10)18-12(19-11)17-7-8-3-4-8/h1-2,5-6,8H,3-4,7H2,(H,17,18,19). The number of rotatable bonds is 4. The van der Waals surface area contributed by atoms with Crippen molar-refractivity contribution < 1.29 is 17.6 Å². The van der Waals surface area contributed by atoms with E-state index in [1.165, 1.54) is 6.26 Å². The lowest BCUT2D eigenvalue weighted by Gasteiger charge is -2.10. The van der Waals surface area contributed by atoms with Gasteiger partial charge in [-0.3, -0.25) is 0 Å². The van der Waals surface area contributed by atoms with Crippen LogP contribution in [0.2, 0.25) is 0 Å². The van der Waals surface area contributed by atoms with Crippen LogP contribution in [0.15, 0.2) is 28.9 Å². The molecule has 0 aromatic carbocycles. The molecule has 0 atom stereocenters. The van der Waals surface area contributed by atoms with Gasteiger partial charge in [0.05, 0.1) is 6.26 Å². The van der Waals surface area contributed by atoms with Crippen LogP contribution in [0.5, 0.6) is 0 Å². The molecule has 0 aliphatic heterocycles. The van der Waals surface area contributed by atoms with E-state index in [1.807, 2.05) is 0 Å². The van der Waals surface area contributed by atoms with E-state index in [2.05, 4.69) is 15.3 Å². The van der Waals surface area contributed by atoms with Crippen molar-refractivity contribution in [1.29, 1.82) is 0 Å². The molecule has 1 fully saturated rings. The Morgan fingerprint density at radius 3 is 2.70 bits per heavy atom. The Hall–Kier alpha value is -2.05. The molecule has 7 heteroatoms. The Morgan fingerprint density at radius 1 is 1.30 bits per heavy atom. The second-order valence-electron chi connectivity index (χ2n) is 4.76. The lowest BCUT2D eigenvalue weighted by Crippen LogP contribution is -2.13. The van der Waals surface area contributed by atoms with E-state index in [-0.39, 0.29) is 17.4 Å². The minimum atomic E-state index is -4.51. The summed E-state index contributed by atoms with van der Waals surface area (Å²) in [6, 6.07) is 4.05. The zero-order valence-corrected chi connectivity index (χ0v) is 10.4. The third-order valence-corrected chi connectivity index (χ3v) is 3.04. The summed E-state index contributed by atoms with van der Waals surface area (Å²) >= 11 is 0. The van der Waals surface area contributed by atoms with Gasteiger partial charge in [-0.15, -0.1) is 0 Å². The lowest BCUT2D eigenvalue weighted by molar-refractivity contribution is -0.141. The minimum Gasteiger partial charge on any atom is -0.463 e. The third-order valence-electron chi connectivity index (χ3n) is 3.04. The van der Waals surface area contributed by atoms with Crippen LogP contribution in [0.25, 0.3) is 11.5 Å². The van der Waals surface area contributed by atoms with Gasteiger partial charge in [0.1, 0.15) is 5.69 Å². The van der Waals surface area contributed by atoms with Gasteiger partial charge in [-0.25, -0.2) is 9.97 Å². The molecule has 2 heterocycles. The average molecular weight is 283 g/mol. The van der Waals surface area contributed by atoms with Crippen LogP contribution < -0.4 is 5.32 Å². The normalized spacial score (nSPS) is 15.3. The molecular formula is C13H12F3N3O. The first-order valence-electron chi connectivity index (χ1n) is 6.26. The summed E-state index contributed by atoms with van der Waals surface area (Å²) in [6.45, 7) is 0.596. The monoisotopic (exact) mass is 283 g/mol. The third kappa shape index (κ3) is 2.92. The Labute approximate surface area is 113 Å². The average Bonchev–Trinajstić information content (AvgIpc) is 3.07. The quantitative estimate of drug-likeness (QED) is 0.931. The highest BCUT2D eigenvalue weighted by Gasteiger charge is 2.34. The number of aromatic nitrogens is 2. The van der Waals surface area contributed by atoms with E-state index in [1.54, 1.807) is 12.1 Å². The predicted molar refractivity (Wildman–Crippen MR) is 65.9 cm³/mol. The van der Waals surface area contributed by atoms with Crippen molar-refractivity contribution in [3.8, 4) is 11.5 Å². The topological polar surface area (TPSA) is 51.0 Å². The number of anilines is 1. The first-order valence-corrected chi connectivity index (χ1v) is 6.26. The summed E-state index contributed by atoms with van der Waals surface area (Å²) in [6.07, 6.45) is -0.934. The van der Waals surface area contributed by atoms with E-state index in [0.29, 0.717) is 12.5 Å². The fourth-order valence-electron chi connectivity index (χ4n) is 1.78. The summed E-state index contributed by atoms with van der Waals surface area (Å²) in [5.41, 5.74) is -0.854. The van der Waals surface area contributed by atoms with Gasteiger partial charge < -0.3 is 9.73 Å². The van der Waals surface area contributed by atoms with Crippen molar-refractivity contribution >= 4 is 5.95 Å². The van der Waals surface area contributed by atoms with Gasteiger partial charge in [0.2, 0.25) is 5.95 Å². The van der Waals surface area contributed by atoms with Gasteiger partial charge in [-0.2, -0.15) is 13.2 Å². The molecule has 1 saturated carbocycles. The van der Waals surface area contributed by atoms with E-state index in [0.717, 1.165) is 18.9 Å². The van der Waals surface area contributed by atoms with Crippen molar-refractivity contribution in [2.75, 3.05) is 11.9 Å². The number of furan rings is 1. The fraction of sp³-hybridized carbons (Fsp3) is 0.385. The van der Waals surface area contributed by atoms with Crippen molar-refractivity contribution in [1.82, 2.24) is 9.97 Å². The van der Waals surface area contributed by atoms with Crippen LogP contribution in [0, 0.1) is 5.92 Å². The minimum absolute atomic E-state index is 0.0156. The smallest absolute Gasteiger partial charge is 0.433 e. The lowest BCUT2D eigenvalue weighted by atomic mass is 10.2. The van der Waals surface area contributed by atoms with Gasteiger partial charge in [0.25, 0.3) is 0 Å². The van der Waals surface area contributed by atoms with E-state index < -0.39 is 11.9 Å². The second-order valence-corrected chi connectivity index (χ2v) is 4.76. The maximum absolute atomic E-state index is 12.9. The second kappa shape index (κ2) is 4.81. The molecule has 0 spiro atoms. The molecule has 1 aliphatic carbocycles. The summed E-state index contributed by atoms with van der Waals surface area (Å²) in [4.78, 5) is 7.60. The Morgan fingerprint density at radius 2 is 2.10 bits per heavy atom. The van der Waals surface area contributed by atoms with Gasteiger partial charge in [0.15, 0.2) is 11.5 Å². The molecular weight excluding hydrogens is 271 g/mol. The molecule has 3 rings (SSSR count). The zero-order valence-electron chi connectivity index (χ0n) is 10.4. The molecule has 2 aromatic heterocycles. The number of nitrogens with one attached hydrogen (secondary N) is 1. The van der Waals surface area contributed by atoms with Crippen LogP contribution in [-0.4, -0.2) is 16.5 Å². The molecule has 2 aromatic rings. The SMILES string of the molecule is FC(F)(F)c1cc(-c2ccco2)nc(NCC2CC2)n1. The Bertz CT molecular complexity index is 591. The highest BCUT2D eigenvalue weighted by molar-refractivity contribution is 5.54. The first kappa shape index (κ1) is 13.0. The zero-order chi connectivity index (χ0) is 14.2. The van der Waals surface area contributed by atoms with Crippen molar-refractivity contribution in [3.63, 3.8) is 0 Å². The highest BCUT2D eigenvalue weighted by Crippen LogP contribution is 2.32. The maximum atomic E-state index is 12.9. The molecule has 0 amide bonds. The number of nitrogens with zero attached hydrogens (tertiary/aromatic N) is 2. The summed E-state index contributed by atoms with van der Waals surface area (Å²) < 4.78 is 43.7. The number of alkyl halides is 3. The number of hydrogen-bond acceptors (Lipinski definition) is 4. The predicted octanol–water partition coefficient (Wildman–Crippen LogP) is 3.58. The molecule has 1 aliphatic rings. The van der Waals surface area contributed by atoms with Gasteiger partial charge in [0, 0.05) is 6.54 Å². The maximum Gasteiger partial charge on any atom is 0.433 e. The van der Waals surface area contributed by atoms with Crippen LogP contribution in [0.1, 0.15) is 18.5 Å². The number of hydrogen-bond donors (Lipinski definition) is 1. The highest BCUT2D eigenvalue weighted by atomic mass is 19.4. The van der Waals surface area contributed by atoms with Crippen LogP contribution in [0.4, 0.5) is 19.1 Å². The molecule has 0 saturated heterocycles. The largest absolute Gasteiger partial charge is 0.463 e. The molecule has 4 nitrogen and oxygen atoms in total. The summed E-state index contributed by atoms with van der Waals surface area (Å²) in [5, 5.41) is 2.86. The van der Waals surface area contributed by atoms with E-state index in [4.69, 9.17) is 4.42 Å². The van der Waals surface area contributed by atoms with Gasteiger partial charge in [-0.05, 0) is 37.0 Å². The van der Waals surface area contributed by atoms with E-state index >= 15 is 0 Å². The van der Waals surface area contributed by atoms with Crippen LogP contribution in [-0.2, 0) is 6.18 Å². The molecule has 1 N–H and O–H groups in total. The Kier molecular flexibility index (Phi) is 3.11. The molecule has 0 radical (unpaired) electrons. The van der Waals surface area contributed by atoms with Crippen molar-refractivity contribution in [2.24, 2.45) is 5.92 Å². The van der Waals surface area contributed by atoms with Crippen LogP contribution in [0.3, 0.4) is 0 Å². The molecule has 0 unspecified atom stereocenters. The first-order chi connectivity index (χ1) is 9.52. The Balaban J connectivity index is 1.93. The van der Waals surface area contributed by atoms with Gasteiger partial charge in [-0.1, -0.05) is 0 Å². The summed E-state index contributed by atoms with van der Waals surface area (Å²) in [7, 11) is 0. The van der Waals surface area contributed by atoms with Crippen molar-refractivity contribution in [2.45, 2.75) is 19.0 Å². The summed E-state index contributed by atoms with van der Waals surface area (Å²) in [5.74, 6) is 0.783. The molecule has 20 heavy (non-hydrogen) atoms. The van der Waals surface area contributed by atoms with Gasteiger partial charge >= 0.3 is 6.18 Å². The van der Waals surface area contributed by atoms with E-state index in [9.17, 15) is 13.2 Å². The van der Waals surface area contributed by atoms with Crippen LogP contribution >= 0.6 is 0 Å². The number of halogens is 3. The fourth-order valence-corrected chi connectivity index (χ4v) is 1.78. The molecule has 106 valence electrons. The van der Waals surface area contributed by atoms with Crippen molar-refractivity contribution in [3.05, 3.63) is 30.2 Å².